The number of carbonyl (C=O) groups is 2. The maximum atomic E-state index is 11.6. The van der Waals surface area contributed by atoms with E-state index >= 15 is 0 Å². The predicted octanol–water partition coefficient (Wildman–Crippen LogP) is 1.62. The summed E-state index contributed by atoms with van der Waals surface area (Å²) in [6, 6.07) is -0.0315. The number of carboxylic acid groups (broad SMARTS) is 1. The van der Waals surface area contributed by atoms with Crippen LogP contribution in [0.4, 0.5) is 4.79 Å². The Morgan fingerprint density at radius 2 is 1.88 bits per heavy atom. The smallest absolute Gasteiger partial charge is 0.407 e. The summed E-state index contributed by atoms with van der Waals surface area (Å²) in [4.78, 5) is 22.5. The summed E-state index contributed by atoms with van der Waals surface area (Å²) in [6.07, 6.45) is 1.00. The number of fused-ring (bicyclic) bond motifs is 1. The van der Waals surface area contributed by atoms with Crippen LogP contribution in [0.2, 0.25) is 0 Å². The van der Waals surface area contributed by atoms with Gasteiger partial charge in [-0.3, -0.25) is 4.79 Å². The highest BCUT2D eigenvalue weighted by atomic mass is 16.6. The van der Waals surface area contributed by atoms with Crippen molar-refractivity contribution in [1.82, 2.24) is 5.32 Å². The molecule has 17 heavy (non-hydrogen) atoms. The minimum Gasteiger partial charge on any atom is -0.481 e. The van der Waals surface area contributed by atoms with Crippen molar-refractivity contribution in [1.29, 1.82) is 0 Å². The number of nitrogens with one attached hydrogen (secondary N) is 1. The highest BCUT2D eigenvalue weighted by Gasteiger charge is 2.57. The molecule has 0 spiro atoms. The van der Waals surface area contributed by atoms with Crippen LogP contribution in [0.1, 0.15) is 33.6 Å². The molecular formula is C12H19NO4. The summed E-state index contributed by atoms with van der Waals surface area (Å²) in [6.45, 7) is 5.42. The number of hydrogen-bond donors (Lipinski definition) is 2. The fourth-order valence-electron chi connectivity index (χ4n) is 2.69. The Morgan fingerprint density at radius 1 is 1.24 bits per heavy atom. The van der Waals surface area contributed by atoms with Gasteiger partial charge in [-0.1, -0.05) is 0 Å². The summed E-state index contributed by atoms with van der Waals surface area (Å²) in [5.74, 6) is -0.443. The number of carbonyl (C=O) groups excluding carboxylic acids is 1. The molecule has 2 aliphatic rings. The topological polar surface area (TPSA) is 75.6 Å². The third-order valence-corrected chi connectivity index (χ3v) is 3.45. The molecule has 0 aliphatic heterocycles. The first-order valence-corrected chi connectivity index (χ1v) is 6.00. The second-order valence-corrected chi connectivity index (χ2v) is 6.00. The van der Waals surface area contributed by atoms with Crippen LogP contribution in [0.5, 0.6) is 0 Å². The molecule has 1 amide bonds. The maximum Gasteiger partial charge on any atom is 0.407 e. The van der Waals surface area contributed by atoms with Gasteiger partial charge in [0.1, 0.15) is 5.60 Å². The highest BCUT2D eigenvalue weighted by Crippen LogP contribution is 2.55. The van der Waals surface area contributed by atoms with Gasteiger partial charge in [0.2, 0.25) is 0 Å². The van der Waals surface area contributed by atoms with Gasteiger partial charge in [-0.25, -0.2) is 4.79 Å². The standard InChI is InChI=1S/C12H19NO4/c1-12(2,3)17-11(16)13-9-5-8(10(14)15)6-4-7(6)9/h6-9H,4-5H2,1-3H3,(H,13,16)(H,14,15)/t6-,7+,8-,9+/m1/s1. The van der Waals surface area contributed by atoms with Gasteiger partial charge in [0.05, 0.1) is 5.92 Å². The SMILES string of the molecule is CC(C)(C)OC(=O)N[C@H]1C[C@@H](C(=O)O)[C@@H]2C[C@@H]21. The Labute approximate surface area is 101 Å². The van der Waals surface area contributed by atoms with Gasteiger partial charge in [-0.05, 0) is 45.4 Å². The van der Waals surface area contributed by atoms with E-state index in [-0.39, 0.29) is 17.9 Å². The monoisotopic (exact) mass is 241 g/mol. The first kappa shape index (κ1) is 12.2. The van der Waals surface area contributed by atoms with E-state index in [1.165, 1.54) is 0 Å². The Balaban J connectivity index is 1.86. The van der Waals surface area contributed by atoms with Gasteiger partial charge in [-0.15, -0.1) is 0 Å². The number of rotatable bonds is 2. The van der Waals surface area contributed by atoms with Crippen molar-refractivity contribution in [3.63, 3.8) is 0 Å². The fraction of sp³-hybridized carbons (Fsp3) is 0.833. The molecule has 5 heteroatoms. The molecule has 4 atom stereocenters. The largest absolute Gasteiger partial charge is 0.481 e. The molecule has 2 saturated carbocycles. The van der Waals surface area contributed by atoms with E-state index < -0.39 is 17.7 Å². The summed E-state index contributed by atoms with van der Waals surface area (Å²) in [7, 11) is 0. The van der Waals surface area contributed by atoms with Gasteiger partial charge in [0.25, 0.3) is 0 Å². The molecule has 0 aromatic heterocycles. The van der Waals surface area contributed by atoms with E-state index in [9.17, 15) is 9.59 Å². The Hall–Kier alpha value is -1.26. The van der Waals surface area contributed by atoms with Crippen LogP contribution in [-0.4, -0.2) is 28.8 Å². The molecule has 2 fully saturated rings. The molecule has 0 radical (unpaired) electrons. The average molecular weight is 241 g/mol. The lowest BCUT2D eigenvalue weighted by Crippen LogP contribution is -2.39. The third kappa shape index (κ3) is 2.70. The maximum absolute atomic E-state index is 11.6. The molecule has 2 rings (SSSR count). The second kappa shape index (κ2) is 3.89. The van der Waals surface area contributed by atoms with Crippen LogP contribution in [0.15, 0.2) is 0 Å². The number of amides is 1. The zero-order valence-electron chi connectivity index (χ0n) is 10.4. The van der Waals surface area contributed by atoms with Crippen LogP contribution < -0.4 is 5.32 Å². The van der Waals surface area contributed by atoms with Crippen molar-refractivity contribution in [2.75, 3.05) is 0 Å². The number of hydrogen-bond acceptors (Lipinski definition) is 3. The van der Waals surface area contributed by atoms with Gasteiger partial charge in [0.15, 0.2) is 0 Å². The van der Waals surface area contributed by atoms with Crippen LogP contribution in [0.3, 0.4) is 0 Å². The molecule has 2 aliphatic carbocycles. The minimum atomic E-state index is -0.744. The summed E-state index contributed by atoms with van der Waals surface area (Å²) < 4.78 is 5.16. The first-order chi connectivity index (χ1) is 7.78. The summed E-state index contributed by atoms with van der Waals surface area (Å²) in [5.41, 5.74) is -0.516. The molecule has 0 aromatic rings. The number of alkyl carbamates (subject to hydrolysis) is 1. The van der Waals surface area contributed by atoms with E-state index in [1.807, 2.05) is 0 Å². The average Bonchev–Trinajstić information content (AvgIpc) is 2.82. The fourth-order valence-corrected chi connectivity index (χ4v) is 2.69. The zero-order chi connectivity index (χ0) is 12.8. The summed E-state index contributed by atoms with van der Waals surface area (Å²) in [5, 5.41) is 11.8. The molecule has 96 valence electrons. The van der Waals surface area contributed by atoms with Crippen molar-refractivity contribution in [3.8, 4) is 0 Å². The highest BCUT2D eigenvalue weighted by molar-refractivity contribution is 5.73. The molecule has 2 N–H and O–H groups in total. The van der Waals surface area contributed by atoms with Crippen molar-refractivity contribution in [2.45, 2.75) is 45.3 Å². The third-order valence-electron chi connectivity index (χ3n) is 3.45. The summed E-state index contributed by atoms with van der Waals surface area (Å²) >= 11 is 0. The molecule has 5 nitrogen and oxygen atoms in total. The first-order valence-electron chi connectivity index (χ1n) is 6.00. The van der Waals surface area contributed by atoms with E-state index in [1.54, 1.807) is 20.8 Å². The molecule has 0 unspecified atom stereocenters. The predicted molar refractivity (Wildman–Crippen MR) is 60.5 cm³/mol. The van der Waals surface area contributed by atoms with Crippen LogP contribution in [-0.2, 0) is 9.53 Å². The van der Waals surface area contributed by atoms with Crippen molar-refractivity contribution < 1.29 is 19.4 Å². The van der Waals surface area contributed by atoms with E-state index in [2.05, 4.69) is 5.32 Å². The van der Waals surface area contributed by atoms with Gasteiger partial charge in [-0.2, -0.15) is 0 Å². The van der Waals surface area contributed by atoms with Crippen LogP contribution in [0.25, 0.3) is 0 Å². The van der Waals surface area contributed by atoms with Gasteiger partial charge < -0.3 is 15.2 Å². The Bertz CT molecular complexity index is 347. The number of carboxylic acids is 1. The quantitative estimate of drug-likeness (QED) is 0.770. The zero-order valence-corrected chi connectivity index (χ0v) is 10.4. The molecule has 0 heterocycles. The Kier molecular flexibility index (Phi) is 2.79. The lowest BCUT2D eigenvalue weighted by Gasteiger charge is -2.22. The van der Waals surface area contributed by atoms with Crippen molar-refractivity contribution >= 4 is 12.1 Å². The van der Waals surface area contributed by atoms with E-state index in [0.29, 0.717) is 12.3 Å². The van der Waals surface area contributed by atoms with Crippen LogP contribution in [0, 0.1) is 17.8 Å². The number of aliphatic carboxylic acids is 1. The minimum absolute atomic E-state index is 0.0315. The molecule has 0 bridgehead atoms. The van der Waals surface area contributed by atoms with Crippen molar-refractivity contribution in [2.24, 2.45) is 17.8 Å². The lowest BCUT2D eigenvalue weighted by molar-refractivity contribution is -0.142. The lowest BCUT2D eigenvalue weighted by atomic mass is 10.0. The second-order valence-electron chi connectivity index (χ2n) is 6.00. The molecular weight excluding hydrogens is 222 g/mol. The molecule has 0 saturated heterocycles. The number of ether oxygens (including phenoxy) is 1. The van der Waals surface area contributed by atoms with E-state index in [4.69, 9.17) is 9.84 Å². The normalized spacial score (nSPS) is 35.0. The van der Waals surface area contributed by atoms with Crippen LogP contribution >= 0.6 is 0 Å². The van der Waals surface area contributed by atoms with Crippen molar-refractivity contribution in [3.05, 3.63) is 0 Å². The Morgan fingerprint density at radius 3 is 2.35 bits per heavy atom. The van der Waals surface area contributed by atoms with Gasteiger partial charge in [0, 0.05) is 6.04 Å². The van der Waals surface area contributed by atoms with Gasteiger partial charge >= 0.3 is 12.1 Å². The van der Waals surface area contributed by atoms with E-state index in [0.717, 1.165) is 6.42 Å². The molecule has 0 aromatic carbocycles.